The van der Waals surface area contributed by atoms with Crippen molar-refractivity contribution in [3.8, 4) is 5.69 Å². The molecule has 34 heavy (non-hydrogen) atoms. The van der Waals surface area contributed by atoms with Crippen molar-refractivity contribution in [1.82, 2.24) is 19.2 Å². The molecule has 0 spiro atoms. The maximum absolute atomic E-state index is 13.5. The van der Waals surface area contributed by atoms with E-state index < -0.39 is 0 Å². The van der Waals surface area contributed by atoms with E-state index in [1.807, 2.05) is 85.0 Å². The largest absolute Gasteiger partial charge is 0.315 e. The van der Waals surface area contributed by atoms with Gasteiger partial charge in [0.25, 0.3) is 5.56 Å². The van der Waals surface area contributed by atoms with Crippen molar-refractivity contribution in [2.24, 2.45) is 0 Å². The lowest BCUT2D eigenvalue weighted by molar-refractivity contribution is -0.115. The fourth-order valence-corrected chi connectivity index (χ4v) is 4.92. The number of anilines is 1. The summed E-state index contributed by atoms with van der Waals surface area (Å²) >= 11 is 1.30. The van der Waals surface area contributed by atoms with Crippen LogP contribution >= 0.6 is 11.8 Å². The van der Waals surface area contributed by atoms with Gasteiger partial charge >= 0.3 is 0 Å². The Hall–Kier alpha value is -3.91. The monoisotopic (exact) mass is 469 g/mol. The van der Waals surface area contributed by atoms with E-state index in [9.17, 15) is 9.59 Å². The quantitative estimate of drug-likeness (QED) is 0.357. The third-order valence-electron chi connectivity index (χ3n) is 5.83. The Bertz CT molecular complexity index is 1590. The normalized spacial score (nSPS) is 11.3. The van der Waals surface area contributed by atoms with Crippen molar-refractivity contribution < 1.29 is 4.79 Å². The second kappa shape index (κ2) is 8.79. The minimum absolute atomic E-state index is 0.0556. The first-order chi connectivity index (χ1) is 16.5. The Balaban J connectivity index is 1.60. The molecule has 8 heteroatoms. The van der Waals surface area contributed by atoms with Crippen molar-refractivity contribution in [3.63, 3.8) is 0 Å². The number of nitrogens with zero attached hydrogens (tertiary/aromatic N) is 5. The van der Waals surface area contributed by atoms with Crippen LogP contribution in [0.3, 0.4) is 0 Å². The lowest BCUT2D eigenvalue weighted by Gasteiger charge is -2.17. The molecule has 0 saturated carbocycles. The van der Waals surface area contributed by atoms with Gasteiger partial charge in [-0.15, -0.1) is 10.2 Å². The predicted molar refractivity (Wildman–Crippen MR) is 136 cm³/mol. The summed E-state index contributed by atoms with van der Waals surface area (Å²) in [7, 11) is 1.76. The number of hydrogen-bond donors (Lipinski definition) is 0. The summed E-state index contributed by atoms with van der Waals surface area (Å²) < 4.78 is 3.46. The van der Waals surface area contributed by atoms with Crippen molar-refractivity contribution in [1.29, 1.82) is 0 Å². The highest BCUT2D eigenvalue weighted by atomic mass is 32.2. The van der Waals surface area contributed by atoms with Crippen molar-refractivity contribution in [3.05, 3.63) is 94.3 Å². The lowest BCUT2D eigenvalue weighted by atomic mass is 10.1. The molecule has 170 valence electrons. The van der Waals surface area contributed by atoms with Crippen LogP contribution in [0.25, 0.3) is 22.4 Å². The zero-order valence-corrected chi connectivity index (χ0v) is 19.9. The van der Waals surface area contributed by atoms with Crippen LogP contribution < -0.4 is 10.5 Å². The molecule has 2 aromatic heterocycles. The summed E-state index contributed by atoms with van der Waals surface area (Å²) in [4.78, 5) is 28.0. The van der Waals surface area contributed by atoms with Crippen LogP contribution in [-0.2, 0) is 4.79 Å². The fraction of sp³-hybridized carbons (Fsp3) is 0.154. The highest BCUT2D eigenvalue weighted by molar-refractivity contribution is 7.99. The molecule has 2 heterocycles. The lowest BCUT2D eigenvalue weighted by Crippen LogP contribution is -2.28. The second-order valence-corrected chi connectivity index (χ2v) is 9.09. The van der Waals surface area contributed by atoms with Gasteiger partial charge in [-0.25, -0.2) is 4.57 Å². The summed E-state index contributed by atoms with van der Waals surface area (Å²) in [6, 6.07) is 22.9. The van der Waals surface area contributed by atoms with Crippen LogP contribution in [0.15, 0.2) is 82.7 Å². The molecule has 0 aliphatic carbocycles. The zero-order chi connectivity index (χ0) is 23.8. The smallest absolute Gasteiger partial charge is 0.267 e. The van der Waals surface area contributed by atoms with Gasteiger partial charge in [-0.05, 0) is 49.7 Å². The molecule has 7 nitrogen and oxygen atoms in total. The molecule has 5 aromatic rings. The predicted octanol–water partition coefficient (Wildman–Crippen LogP) is 4.41. The van der Waals surface area contributed by atoms with Gasteiger partial charge in [-0.1, -0.05) is 59.8 Å². The van der Waals surface area contributed by atoms with Gasteiger partial charge in [0, 0.05) is 12.7 Å². The minimum Gasteiger partial charge on any atom is -0.315 e. The molecule has 0 aliphatic rings. The van der Waals surface area contributed by atoms with Crippen LogP contribution in [0, 0.1) is 13.8 Å². The standard InChI is InChI=1S/C26H23N5O2S/c1-17-13-14-21(18(2)15-17)30-24(33)20-11-7-8-12-22(20)31-25(30)27-28-26(31)34-16-23(32)29(3)19-9-5-4-6-10-19/h4-15H,16H2,1-3H3. The molecule has 1 amide bonds. The maximum atomic E-state index is 13.5. The topological polar surface area (TPSA) is 72.5 Å². The highest BCUT2D eigenvalue weighted by Crippen LogP contribution is 2.25. The highest BCUT2D eigenvalue weighted by Gasteiger charge is 2.20. The summed E-state index contributed by atoms with van der Waals surface area (Å²) in [6.45, 7) is 4.00. The van der Waals surface area contributed by atoms with E-state index in [1.165, 1.54) is 11.8 Å². The molecule has 0 N–H and O–H groups in total. The molecule has 0 saturated heterocycles. The summed E-state index contributed by atoms with van der Waals surface area (Å²) in [5, 5.41) is 9.86. The number of amides is 1. The molecule has 0 aliphatic heterocycles. The van der Waals surface area contributed by atoms with Crippen LogP contribution in [0.2, 0.25) is 0 Å². The molecule has 0 unspecified atom stereocenters. The van der Waals surface area contributed by atoms with E-state index in [2.05, 4.69) is 10.2 Å². The van der Waals surface area contributed by atoms with Gasteiger partial charge in [0.05, 0.1) is 22.3 Å². The van der Waals surface area contributed by atoms with Gasteiger partial charge in [-0.2, -0.15) is 0 Å². The van der Waals surface area contributed by atoms with E-state index in [4.69, 9.17) is 0 Å². The summed E-state index contributed by atoms with van der Waals surface area (Å²) in [6.07, 6.45) is 0. The van der Waals surface area contributed by atoms with Crippen molar-refractivity contribution in [2.45, 2.75) is 19.0 Å². The van der Waals surface area contributed by atoms with Crippen LogP contribution in [0.5, 0.6) is 0 Å². The molecule has 0 fully saturated rings. The van der Waals surface area contributed by atoms with Crippen LogP contribution in [0.1, 0.15) is 11.1 Å². The van der Waals surface area contributed by atoms with E-state index in [0.29, 0.717) is 21.8 Å². The van der Waals surface area contributed by atoms with Gasteiger partial charge < -0.3 is 4.90 Å². The number of carbonyl (C=O) groups excluding carboxylic acids is 1. The first-order valence-electron chi connectivity index (χ1n) is 10.9. The summed E-state index contributed by atoms with van der Waals surface area (Å²) in [5.41, 5.74) is 4.23. The first kappa shape index (κ1) is 21.9. The zero-order valence-electron chi connectivity index (χ0n) is 19.1. The van der Waals surface area contributed by atoms with E-state index in [1.54, 1.807) is 22.6 Å². The van der Waals surface area contributed by atoms with Gasteiger partial charge in [0.1, 0.15) is 0 Å². The number of rotatable bonds is 5. The Morgan fingerprint density at radius 1 is 0.971 bits per heavy atom. The third kappa shape index (κ3) is 3.76. The van der Waals surface area contributed by atoms with Crippen molar-refractivity contribution >= 4 is 40.0 Å². The van der Waals surface area contributed by atoms with Crippen LogP contribution in [0.4, 0.5) is 5.69 Å². The number of fused-ring (bicyclic) bond motifs is 3. The number of benzene rings is 3. The maximum Gasteiger partial charge on any atom is 0.267 e. The number of para-hydroxylation sites is 2. The second-order valence-electron chi connectivity index (χ2n) is 8.14. The van der Waals surface area contributed by atoms with E-state index >= 15 is 0 Å². The molecule has 5 rings (SSSR count). The number of aryl methyl sites for hydroxylation is 2. The Kier molecular flexibility index (Phi) is 5.67. The van der Waals surface area contributed by atoms with Gasteiger partial charge in [-0.3, -0.25) is 14.0 Å². The summed E-state index contributed by atoms with van der Waals surface area (Å²) in [5.74, 6) is 0.547. The Morgan fingerprint density at radius 2 is 1.71 bits per heavy atom. The number of thioether (sulfide) groups is 1. The molecule has 0 bridgehead atoms. The molecule has 0 radical (unpaired) electrons. The Labute approximate surface area is 200 Å². The molecular formula is C26H23N5O2S. The number of aromatic nitrogens is 4. The first-order valence-corrected chi connectivity index (χ1v) is 11.8. The van der Waals surface area contributed by atoms with Gasteiger partial charge in [0.15, 0.2) is 5.16 Å². The molecule has 3 aromatic carbocycles. The van der Waals surface area contributed by atoms with E-state index in [-0.39, 0.29) is 17.2 Å². The van der Waals surface area contributed by atoms with Crippen LogP contribution in [-0.4, -0.2) is 37.9 Å². The average Bonchev–Trinajstić information content (AvgIpc) is 3.27. The fourth-order valence-electron chi connectivity index (χ4n) is 4.06. The van der Waals surface area contributed by atoms with E-state index in [0.717, 1.165) is 22.5 Å². The average molecular weight is 470 g/mol. The van der Waals surface area contributed by atoms with Crippen molar-refractivity contribution in [2.75, 3.05) is 17.7 Å². The van der Waals surface area contributed by atoms with Gasteiger partial charge in [0.2, 0.25) is 11.7 Å². The molecule has 0 atom stereocenters. The minimum atomic E-state index is -0.154. The third-order valence-corrected chi connectivity index (χ3v) is 6.74. The number of carbonyl (C=O) groups is 1. The SMILES string of the molecule is Cc1ccc(-n2c(=O)c3ccccc3n3c(SCC(=O)N(C)c4ccccc4)nnc23)c(C)c1. The Morgan fingerprint density at radius 3 is 2.47 bits per heavy atom. The number of hydrogen-bond acceptors (Lipinski definition) is 5. The molecular weight excluding hydrogens is 446 g/mol.